The van der Waals surface area contributed by atoms with Gasteiger partial charge < -0.3 is 9.15 Å². The summed E-state index contributed by atoms with van der Waals surface area (Å²) < 4.78 is 13.1. The Morgan fingerprint density at radius 1 is 1.30 bits per heavy atom. The Kier molecular flexibility index (Phi) is 6.55. The summed E-state index contributed by atoms with van der Waals surface area (Å²) in [5.41, 5.74) is 0.957. The monoisotopic (exact) mass is 533 g/mol. The Morgan fingerprint density at radius 2 is 2.14 bits per heavy atom. The number of ether oxygens (including phenoxy) is 1. The molecule has 0 bridgehead atoms. The van der Waals surface area contributed by atoms with Crippen LogP contribution in [0.3, 0.4) is 0 Å². The van der Waals surface area contributed by atoms with Gasteiger partial charge in [-0.2, -0.15) is 0 Å². The highest BCUT2D eigenvalue weighted by atomic mass is 32.1. The third-order valence-corrected chi connectivity index (χ3v) is 7.54. The predicted octanol–water partition coefficient (Wildman–Crippen LogP) is 4.19. The van der Waals surface area contributed by atoms with Crippen molar-refractivity contribution in [2.45, 2.75) is 13.0 Å². The summed E-state index contributed by atoms with van der Waals surface area (Å²) in [7, 11) is 0. The molecule has 0 fully saturated rings. The van der Waals surface area contributed by atoms with Crippen LogP contribution < -0.4 is 14.9 Å². The van der Waals surface area contributed by atoms with Gasteiger partial charge in [0.05, 0.1) is 20.7 Å². The lowest BCUT2D eigenvalue weighted by Crippen LogP contribution is -2.39. The summed E-state index contributed by atoms with van der Waals surface area (Å²) >= 11 is 2.62. The van der Waals surface area contributed by atoms with Gasteiger partial charge in [-0.3, -0.25) is 19.5 Å². The fourth-order valence-corrected chi connectivity index (χ4v) is 5.85. The molecule has 0 aliphatic carbocycles. The first kappa shape index (κ1) is 24.3. The Balaban J connectivity index is 1.58. The highest BCUT2D eigenvalue weighted by molar-refractivity contribution is 7.10. The van der Waals surface area contributed by atoms with Crippen LogP contribution in [0.5, 0.6) is 0 Å². The number of thiazole rings is 1. The minimum Gasteiger partial charge on any atom is -0.458 e. The van der Waals surface area contributed by atoms with E-state index in [2.05, 4.69) is 11.6 Å². The Morgan fingerprint density at radius 3 is 2.86 bits per heavy atom. The molecule has 37 heavy (non-hydrogen) atoms. The van der Waals surface area contributed by atoms with E-state index in [0.717, 1.165) is 4.88 Å². The highest BCUT2D eigenvalue weighted by Crippen LogP contribution is 2.33. The maximum atomic E-state index is 13.6. The number of furan rings is 1. The molecule has 0 spiro atoms. The van der Waals surface area contributed by atoms with Crippen molar-refractivity contribution in [2.24, 2.45) is 4.99 Å². The van der Waals surface area contributed by atoms with Crippen LogP contribution in [0.1, 0.15) is 23.6 Å². The van der Waals surface area contributed by atoms with Gasteiger partial charge in [-0.05, 0) is 30.5 Å². The summed E-state index contributed by atoms with van der Waals surface area (Å²) in [5, 5.41) is 13.0. The average Bonchev–Trinajstić information content (AvgIpc) is 3.64. The number of hydrogen-bond donors (Lipinski definition) is 0. The first-order valence-corrected chi connectivity index (χ1v) is 12.8. The predicted molar refractivity (Wildman–Crippen MR) is 140 cm³/mol. The number of carbonyl (C=O) groups is 1. The molecular formula is C26H19N3O6S2. The number of nitrogens with zero attached hydrogens (tertiary/aromatic N) is 3. The van der Waals surface area contributed by atoms with E-state index in [4.69, 9.17) is 9.15 Å². The van der Waals surface area contributed by atoms with Gasteiger partial charge in [0.15, 0.2) is 4.80 Å². The van der Waals surface area contributed by atoms with E-state index < -0.39 is 16.9 Å². The van der Waals surface area contributed by atoms with E-state index in [1.54, 1.807) is 37.3 Å². The second kappa shape index (κ2) is 9.96. The summed E-state index contributed by atoms with van der Waals surface area (Å²) in [4.78, 5) is 43.0. The molecule has 0 saturated heterocycles. The van der Waals surface area contributed by atoms with Crippen LogP contribution in [-0.2, 0) is 9.53 Å². The third kappa shape index (κ3) is 4.61. The van der Waals surface area contributed by atoms with Crippen LogP contribution in [0, 0.1) is 10.1 Å². The number of carbonyl (C=O) groups excluding carboxylic acids is 1. The molecule has 0 amide bonds. The zero-order valence-corrected chi connectivity index (χ0v) is 21.1. The molecule has 5 rings (SSSR count). The molecule has 4 heterocycles. The van der Waals surface area contributed by atoms with Gasteiger partial charge in [0.25, 0.3) is 11.2 Å². The van der Waals surface area contributed by atoms with E-state index in [1.165, 1.54) is 45.4 Å². The normalized spacial score (nSPS) is 15.3. The van der Waals surface area contributed by atoms with Crippen LogP contribution in [0.25, 0.3) is 17.4 Å². The maximum absolute atomic E-state index is 13.6. The minimum absolute atomic E-state index is 0.0442. The van der Waals surface area contributed by atoms with E-state index >= 15 is 0 Å². The standard InChI is InChI=1S/C26H19N3O6S2/c1-3-11-34-25(31)22-15(2)27-26-28(23(22)20-8-5-12-36-20)24(30)21(37-26)14-18-9-10-19(35-18)16-6-4-7-17(13-16)29(32)33/h3-10,12-14,23H,1,11H2,2H3/b21-14-. The zero-order chi connectivity index (χ0) is 26.1. The Bertz CT molecular complexity index is 1740. The summed E-state index contributed by atoms with van der Waals surface area (Å²) in [6, 6.07) is 12.5. The second-order valence-electron chi connectivity index (χ2n) is 7.99. The van der Waals surface area contributed by atoms with Crippen molar-refractivity contribution in [1.82, 2.24) is 4.57 Å². The lowest BCUT2D eigenvalue weighted by Gasteiger charge is -2.23. The fourth-order valence-electron chi connectivity index (χ4n) is 4.00. The van der Waals surface area contributed by atoms with Crippen molar-refractivity contribution in [3.05, 3.63) is 118 Å². The smallest absolute Gasteiger partial charge is 0.338 e. The number of esters is 1. The van der Waals surface area contributed by atoms with E-state index in [9.17, 15) is 19.7 Å². The number of rotatable bonds is 7. The second-order valence-corrected chi connectivity index (χ2v) is 9.98. The van der Waals surface area contributed by atoms with Gasteiger partial charge in [0, 0.05) is 28.6 Å². The quantitative estimate of drug-likeness (QED) is 0.152. The number of aromatic nitrogens is 1. The molecule has 1 unspecified atom stereocenters. The topological polar surface area (TPSA) is 117 Å². The van der Waals surface area contributed by atoms with Gasteiger partial charge >= 0.3 is 5.97 Å². The highest BCUT2D eigenvalue weighted by Gasteiger charge is 2.34. The van der Waals surface area contributed by atoms with E-state index in [-0.39, 0.29) is 17.9 Å². The van der Waals surface area contributed by atoms with Crippen molar-refractivity contribution < 1.29 is 18.9 Å². The molecule has 11 heteroatoms. The van der Waals surface area contributed by atoms with Crippen LogP contribution in [0.2, 0.25) is 0 Å². The van der Waals surface area contributed by atoms with Crippen LogP contribution in [0.4, 0.5) is 5.69 Å². The van der Waals surface area contributed by atoms with Gasteiger partial charge in [0.2, 0.25) is 0 Å². The first-order chi connectivity index (χ1) is 17.9. The number of thiophene rings is 1. The van der Waals surface area contributed by atoms with Crippen LogP contribution in [0.15, 0.2) is 92.0 Å². The van der Waals surface area contributed by atoms with Crippen molar-refractivity contribution in [1.29, 1.82) is 0 Å². The largest absolute Gasteiger partial charge is 0.458 e. The third-order valence-electron chi connectivity index (χ3n) is 5.63. The summed E-state index contributed by atoms with van der Waals surface area (Å²) in [6.45, 7) is 5.35. The molecule has 4 aromatic rings. The molecular weight excluding hydrogens is 514 g/mol. The SMILES string of the molecule is C=CCOC(=O)C1=C(C)N=c2s/c(=C\c3ccc(-c4cccc([N+](=O)[O-])c4)o3)c(=O)n2C1c1cccs1. The molecule has 1 atom stereocenters. The number of nitro groups is 1. The Hall–Kier alpha value is -4.35. The molecule has 1 aliphatic rings. The van der Waals surface area contributed by atoms with Crippen molar-refractivity contribution in [3.63, 3.8) is 0 Å². The molecule has 1 aliphatic heterocycles. The Labute approximate surface area is 217 Å². The first-order valence-electron chi connectivity index (χ1n) is 11.1. The number of fused-ring (bicyclic) bond motifs is 1. The average molecular weight is 534 g/mol. The minimum atomic E-state index is -0.673. The lowest BCUT2D eigenvalue weighted by atomic mass is 10.0. The van der Waals surface area contributed by atoms with E-state index in [1.807, 2.05) is 17.5 Å². The van der Waals surface area contributed by atoms with E-state index in [0.29, 0.717) is 37.7 Å². The number of allylic oxidation sites excluding steroid dienone is 1. The summed E-state index contributed by atoms with van der Waals surface area (Å²) in [5.74, 6) is 0.282. The molecule has 0 N–H and O–H groups in total. The van der Waals surface area contributed by atoms with Gasteiger partial charge in [-0.15, -0.1) is 11.3 Å². The van der Waals surface area contributed by atoms with Crippen molar-refractivity contribution in [2.75, 3.05) is 6.61 Å². The number of nitro benzene ring substituents is 1. The number of hydrogen-bond acceptors (Lipinski definition) is 9. The molecule has 186 valence electrons. The van der Waals surface area contributed by atoms with Crippen LogP contribution in [-0.4, -0.2) is 22.1 Å². The lowest BCUT2D eigenvalue weighted by molar-refractivity contribution is -0.384. The van der Waals surface area contributed by atoms with Gasteiger partial charge in [0.1, 0.15) is 24.2 Å². The summed E-state index contributed by atoms with van der Waals surface area (Å²) in [6.07, 6.45) is 3.08. The van der Waals surface area contributed by atoms with Crippen molar-refractivity contribution in [3.8, 4) is 11.3 Å². The molecule has 0 radical (unpaired) electrons. The molecule has 0 saturated carbocycles. The fraction of sp³-hybridized carbons (Fsp3) is 0.115. The molecule has 9 nitrogen and oxygen atoms in total. The van der Waals surface area contributed by atoms with Crippen molar-refractivity contribution >= 4 is 40.4 Å². The zero-order valence-electron chi connectivity index (χ0n) is 19.5. The maximum Gasteiger partial charge on any atom is 0.338 e. The van der Waals surface area contributed by atoms with Gasteiger partial charge in [-0.1, -0.05) is 42.2 Å². The molecule has 3 aromatic heterocycles. The molecule has 1 aromatic carbocycles. The number of benzene rings is 1. The van der Waals surface area contributed by atoms with Gasteiger partial charge in [-0.25, -0.2) is 9.79 Å². The van der Waals surface area contributed by atoms with Crippen LogP contribution >= 0.6 is 22.7 Å². The number of non-ortho nitro benzene ring substituents is 1.